The Morgan fingerprint density at radius 3 is 2.42 bits per heavy atom. The number of benzene rings is 1. The van der Waals surface area contributed by atoms with E-state index in [1.165, 1.54) is 32.1 Å². The molecule has 26 heavy (non-hydrogen) atoms. The Labute approximate surface area is 154 Å². The molecule has 1 aromatic carbocycles. The first kappa shape index (κ1) is 15.9. The molecule has 4 heteroatoms. The quantitative estimate of drug-likeness (QED) is 0.789. The number of rotatable bonds is 3. The molecule has 0 spiro atoms. The van der Waals surface area contributed by atoms with Gasteiger partial charge in [-0.25, -0.2) is 4.98 Å². The summed E-state index contributed by atoms with van der Waals surface area (Å²) in [6.07, 6.45) is 15.8. The van der Waals surface area contributed by atoms with Crippen LogP contribution in [-0.2, 0) is 4.79 Å². The Bertz CT molecular complexity index is 794. The van der Waals surface area contributed by atoms with E-state index in [4.69, 9.17) is 0 Å². The average molecular weight is 347 g/mol. The predicted octanol–water partition coefficient (Wildman–Crippen LogP) is 3.92. The van der Waals surface area contributed by atoms with Crippen molar-refractivity contribution in [1.29, 1.82) is 0 Å². The first-order chi connectivity index (χ1) is 12.7. The Kier molecular flexibility index (Phi) is 3.92. The van der Waals surface area contributed by atoms with E-state index < -0.39 is 0 Å². The number of carbonyl (C=O) groups excluding carboxylic acids is 1. The minimum atomic E-state index is 0.196. The molecule has 4 bridgehead atoms. The summed E-state index contributed by atoms with van der Waals surface area (Å²) in [6, 6.07) is 8.69. The van der Waals surface area contributed by atoms with Crippen LogP contribution in [0.25, 0.3) is 11.8 Å². The highest BCUT2D eigenvalue weighted by molar-refractivity contribution is 5.92. The first-order valence-corrected chi connectivity index (χ1v) is 9.81. The van der Waals surface area contributed by atoms with Gasteiger partial charge in [-0.3, -0.25) is 4.79 Å². The van der Waals surface area contributed by atoms with E-state index in [0.717, 1.165) is 35.5 Å². The van der Waals surface area contributed by atoms with Gasteiger partial charge in [-0.15, -0.1) is 0 Å². The minimum absolute atomic E-state index is 0.196. The molecule has 0 N–H and O–H groups in total. The summed E-state index contributed by atoms with van der Waals surface area (Å²) in [5, 5.41) is 0. The number of imidazole rings is 1. The molecule has 4 nitrogen and oxygen atoms in total. The molecule has 2 aliphatic heterocycles. The lowest BCUT2D eigenvalue weighted by Crippen LogP contribution is -2.41. The van der Waals surface area contributed by atoms with Crippen LogP contribution in [0.1, 0.15) is 37.7 Å². The van der Waals surface area contributed by atoms with Crippen LogP contribution in [0.15, 0.2) is 49.1 Å². The maximum atomic E-state index is 12.9. The number of carbonyl (C=O) groups is 1. The summed E-state index contributed by atoms with van der Waals surface area (Å²) < 4.78 is 1.97. The molecule has 6 rings (SSSR count). The normalized spacial score (nSPS) is 30.1. The standard InChI is InChI=1S/C22H25N3O/c26-22(25-14-19-10-17-9-18(11-19)13-21(25)12-17)6-3-16-1-4-20(5-2-16)24-8-7-23-15-24/h1-8,15,17-19,21H,9-14H2/b6-3+. The minimum Gasteiger partial charge on any atom is -0.336 e. The molecule has 1 amide bonds. The molecule has 2 saturated heterocycles. The van der Waals surface area contributed by atoms with Gasteiger partial charge < -0.3 is 9.47 Å². The van der Waals surface area contributed by atoms with Crippen LogP contribution >= 0.6 is 0 Å². The monoisotopic (exact) mass is 347 g/mol. The van der Waals surface area contributed by atoms with Crippen molar-refractivity contribution in [3.63, 3.8) is 0 Å². The van der Waals surface area contributed by atoms with E-state index in [1.54, 1.807) is 18.6 Å². The smallest absolute Gasteiger partial charge is 0.246 e. The summed E-state index contributed by atoms with van der Waals surface area (Å²) in [5.41, 5.74) is 2.13. The molecule has 2 atom stereocenters. The van der Waals surface area contributed by atoms with Crippen LogP contribution in [0, 0.1) is 17.8 Å². The van der Waals surface area contributed by atoms with Crippen molar-refractivity contribution in [3.8, 4) is 5.69 Å². The van der Waals surface area contributed by atoms with Gasteiger partial charge in [0.25, 0.3) is 0 Å². The number of hydrogen-bond acceptors (Lipinski definition) is 2. The molecule has 3 heterocycles. The summed E-state index contributed by atoms with van der Waals surface area (Å²) >= 11 is 0. The van der Waals surface area contributed by atoms with Gasteiger partial charge in [0.2, 0.25) is 5.91 Å². The number of aromatic nitrogens is 2. The SMILES string of the molecule is O=C(/C=C/c1ccc(-n2ccnc2)cc1)N1CC2CC3CC(C2)CC1C3. The van der Waals surface area contributed by atoms with E-state index in [1.807, 2.05) is 16.8 Å². The van der Waals surface area contributed by atoms with Gasteiger partial charge in [-0.2, -0.15) is 0 Å². The summed E-state index contributed by atoms with van der Waals surface area (Å²) in [6.45, 7) is 0.973. The van der Waals surface area contributed by atoms with Crippen LogP contribution < -0.4 is 0 Å². The molecule has 134 valence electrons. The maximum Gasteiger partial charge on any atom is 0.246 e. The molecule has 0 radical (unpaired) electrons. The lowest BCUT2D eigenvalue weighted by atomic mass is 9.68. The number of hydrogen-bond donors (Lipinski definition) is 0. The summed E-state index contributed by atoms with van der Waals surface area (Å²) in [7, 11) is 0. The van der Waals surface area contributed by atoms with Crippen LogP contribution in [0.2, 0.25) is 0 Å². The van der Waals surface area contributed by atoms with Crippen LogP contribution in [0.5, 0.6) is 0 Å². The van der Waals surface area contributed by atoms with Crippen molar-refractivity contribution in [2.45, 2.75) is 38.1 Å². The largest absolute Gasteiger partial charge is 0.336 e. The molecular formula is C22H25N3O. The van der Waals surface area contributed by atoms with Gasteiger partial charge in [-0.1, -0.05) is 12.1 Å². The van der Waals surface area contributed by atoms with Gasteiger partial charge in [0.05, 0.1) is 6.33 Å². The second kappa shape index (κ2) is 6.42. The molecule has 2 saturated carbocycles. The third-order valence-electron chi connectivity index (χ3n) is 6.50. The number of fused-ring (bicyclic) bond motifs is 1. The topological polar surface area (TPSA) is 38.1 Å². The van der Waals surface area contributed by atoms with Crippen molar-refractivity contribution >= 4 is 12.0 Å². The van der Waals surface area contributed by atoms with Gasteiger partial charge in [0.15, 0.2) is 0 Å². The number of nitrogens with zero attached hydrogens (tertiary/aromatic N) is 3. The van der Waals surface area contributed by atoms with Gasteiger partial charge >= 0.3 is 0 Å². The maximum absolute atomic E-state index is 12.9. The number of amides is 1. The van der Waals surface area contributed by atoms with Crippen molar-refractivity contribution in [2.24, 2.45) is 17.8 Å². The van der Waals surface area contributed by atoms with E-state index >= 15 is 0 Å². The zero-order valence-corrected chi connectivity index (χ0v) is 15.0. The lowest BCUT2D eigenvalue weighted by molar-refractivity contribution is -0.128. The highest BCUT2D eigenvalue weighted by atomic mass is 16.2. The van der Waals surface area contributed by atoms with E-state index in [2.05, 4.69) is 34.1 Å². The van der Waals surface area contributed by atoms with Crippen LogP contribution in [0.3, 0.4) is 0 Å². The highest BCUT2D eigenvalue weighted by Gasteiger charge is 2.43. The second-order valence-electron chi connectivity index (χ2n) is 8.32. The molecule has 2 unspecified atom stereocenters. The zero-order chi connectivity index (χ0) is 17.5. The Morgan fingerprint density at radius 1 is 1.00 bits per heavy atom. The van der Waals surface area contributed by atoms with E-state index in [9.17, 15) is 4.79 Å². The van der Waals surface area contributed by atoms with Crippen molar-refractivity contribution < 1.29 is 4.79 Å². The Morgan fingerprint density at radius 2 is 1.73 bits per heavy atom. The lowest BCUT2D eigenvalue weighted by Gasteiger charge is -2.38. The molecule has 2 aromatic rings. The average Bonchev–Trinajstić information content (AvgIpc) is 3.11. The highest BCUT2D eigenvalue weighted by Crippen LogP contribution is 2.47. The first-order valence-electron chi connectivity index (χ1n) is 9.81. The Balaban J connectivity index is 1.29. The van der Waals surface area contributed by atoms with E-state index in [0.29, 0.717) is 6.04 Å². The third-order valence-corrected chi connectivity index (χ3v) is 6.50. The molecular weight excluding hydrogens is 322 g/mol. The third kappa shape index (κ3) is 2.98. The summed E-state index contributed by atoms with van der Waals surface area (Å²) in [4.78, 5) is 19.1. The zero-order valence-electron chi connectivity index (χ0n) is 15.0. The summed E-state index contributed by atoms with van der Waals surface area (Å²) in [5.74, 6) is 2.67. The van der Waals surface area contributed by atoms with Crippen LogP contribution in [-0.4, -0.2) is 32.9 Å². The van der Waals surface area contributed by atoms with Gasteiger partial charge in [-0.05, 0) is 73.6 Å². The molecule has 4 fully saturated rings. The van der Waals surface area contributed by atoms with E-state index in [-0.39, 0.29) is 5.91 Å². The van der Waals surface area contributed by atoms with Crippen LogP contribution in [0.4, 0.5) is 0 Å². The van der Waals surface area contributed by atoms with Crippen molar-refractivity contribution in [2.75, 3.05) is 6.54 Å². The Hall–Kier alpha value is -2.36. The molecule has 2 aliphatic carbocycles. The van der Waals surface area contributed by atoms with Crippen molar-refractivity contribution in [1.82, 2.24) is 14.5 Å². The molecule has 1 aromatic heterocycles. The second-order valence-corrected chi connectivity index (χ2v) is 8.32. The fraction of sp³-hybridized carbons (Fsp3) is 0.455. The fourth-order valence-corrected chi connectivity index (χ4v) is 5.49. The molecule has 4 aliphatic rings. The van der Waals surface area contributed by atoms with Gasteiger partial charge in [0.1, 0.15) is 0 Å². The fourth-order valence-electron chi connectivity index (χ4n) is 5.49. The van der Waals surface area contributed by atoms with Crippen molar-refractivity contribution in [3.05, 3.63) is 54.6 Å². The predicted molar refractivity (Wildman–Crippen MR) is 102 cm³/mol. The van der Waals surface area contributed by atoms with Gasteiger partial charge in [0, 0.05) is 36.7 Å².